The number of carbonyl (C=O) groups excluding carboxylic acids is 1. The van der Waals surface area contributed by atoms with E-state index < -0.39 is 10.0 Å². The van der Waals surface area contributed by atoms with Gasteiger partial charge in [-0.25, -0.2) is 13.1 Å². The first kappa shape index (κ1) is 18.9. The Bertz CT molecular complexity index is 800. The van der Waals surface area contributed by atoms with Gasteiger partial charge in [0, 0.05) is 25.0 Å². The van der Waals surface area contributed by atoms with Gasteiger partial charge >= 0.3 is 0 Å². The van der Waals surface area contributed by atoms with E-state index >= 15 is 0 Å². The van der Waals surface area contributed by atoms with E-state index in [0.717, 1.165) is 44.9 Å². The molecule has 3 aliphatic rings. The highest BCUT2D eigenvalue weighted by Gasteiger charge is 2.33. The highest BCUT2D eigenvalue weighted by molar-refractivity contribution is 7.89. The van der Waals surface area contributed by atoms with Crippen LogP contribution < -0.4 is 4.72 Å². The zero-order valence-corrected chi connectivity index (χ0v) is 16.8. The fourth-order valence-corrected chi connectivity index (χ4v) is 6.14. The molecule has 0 bridgehead atoms. The van der Waals surface area contributed by atoms with Gasteiger partial charge in [-0.2, -0.15) is 0 Å². The third kappa shape index (κ3) is 4.21. The third-order valence-corrected chi connectivity index (χ3v) is 7.92. The van der Waals surface area contributed by atoms with Crippen molar-refractivity contribution < 1.29 is 13.2 Å². The summed E-state index contributed by atoms with van der Waals surface area (Å²) in [7, 11) is -3.54. The second-order valence-electron chi connectivity index (χ2n) is 8.36. The van der Waals surface area contributed by atoms with Gasteiger partial charge in [0.25, 0.3) is 0 Å². The van der Waals surface area contributed by atoms with Gasteiger partial charge in [0.1, 0.15) is 0 Å². The van der Waals surface area contributed by atoms with Crippen molar-refractivity contribution in [2.24, 2.45) is 5.92 Å². The molecule has 1 aromatic rings. The van der Waals surface area contributed by atoms with Crippen LogP contribution in [0.2, 0.25) is 0 Å². The smallest absolute Gasteiger partial charge is 0.240 e. The minimum Gasteiger partial charge on any atom is -0.341 e. The zero-order valence-electron chi connectivity index (χ0n) is 16.0. The number of sulfonamides is 1. The van der Waals surface area contributed by atoms with Gasteiger partial charge in [-0.15, -0.1) is 0 Å². The second-order valence-corrected chi connectivity index (χ2v) is 10.1. The highest BCUT2D eigenvalue weighted by Crippen LogP contribution is 2.28. The van der Waals surface area contributed by atoms with E-state index in [2.05, 4.69) is 4.72 Å². The summed E-state index contributed by atoms with van der Waals surface area (Å²) in [5.74, 6) is 0.375. The quantitative estimate of drug-likeness (QED) is 0.859. The number of carbonyl (C=O) groups is 1. The lowest BCUT2D eigenvalue weighted by Crippen LogP contribution is -2.40. The maximum absolute atomic E-state index is 12.8. The maximum atomic E-state index is 12.8. The fourth-order valence-electron chi connectivity index (χ4n) is 4.83. The van der Waals surface area contributed by atoms with Gasteiger partial charge in [0.15, 0.2) is 0 Å². The maximum Gasteiger partial charge on any atom is 0.240 e. The number of nitrogens with zero attached hydrogens (tertiary/aromatic N) is 1. The molecular weight excluding hydrogens is 360 g/mol. The summed E-state index contributed by atoms with van der Waals surface area (Å²) in [5.41, 5.74) is 2.45. The van der Waals surface area contributed by atoms with Crippen molar-refractivity contribution in [3.05, 3.63) is 29.3 Å². The molecule has 1 N–H and O–H groups in total. The molecule has 6 heteroatoms. The van der Waals surface area contributed by atoms with E-state index in [-0.39, 0.29) is 17.9 Å². The number of hydrogen-bond acceptors (Lipinski definition) is 3. The fraction of sp³-hybridized carbons (Fsp3) is 0.667. The van der Waals surface area contributed by atoms with Gasteiger partial charge in [-0.1, -0.05) is 25.3 Å². The Labute approximate surface area is 162 Å². The number of likely N-dealkylation sites (tertiary alicyclic amines) is 1. The number of fused-ring (bicyclic) bond motifs is 1. The van der Waals surface area contributed by atoms with E-state index in [1.807, 2.05) is 17.0 Å². The topological polar surface area (TPSA) is 66.5 Å². The van der Waals surface area contributed by atoms with Crippen LogP contribution in [0.15, 0.2) is 23.1 Å². The van der Waals surface area contributed by atoms with Crippen LogP contribution in [-0.4, -0.2) is 38.4 Å². The molecule has 4 rings (SSSR count). The summed E-state index contributed by atoms with van der Waals surface area (Å²) >= 11 is 0. The largest absolute Gasteiger partial charge is 0.341 e. The molecule has 5 nitrogen and oxygen atoms in total. The first-order valence-electron chi connectivity index (χ1n) is 10.5. The van der Waals surface area contributed by atoms with Crippen molar-refractivity contribution in [2.75, 3.05) is 13.1 Å². The van der Waals surface area contributed by atoms with Crippen LogP contribution in [0.25, 0.3) is 0 Å². The van der Waals surface area contributed by atoms with Gasteiger partial charge in [0.05, 0.1) is 4.90 Å². The molecule has 148 valence electrons. The average Bonchev–Trinajstić information content (AvgIpc) is 3.15. The molecule has 2 aliphatic carbocycles. The van der Waals surface area contributed by atoms with Crippen molar-refractivity contribution in [1.82, 2.24) is 9.62 Å². The van der Waals surface area contributed by atoms with Crippen molar-refractivity contribution in [3.63, 3.8) is 0 Å². The number of nitrogens with one attached hydrogen (secondary N) is 1. The molecule has 1 amide bonds. The molecule has 1 saturated carbocycles. The summed E-state index contributed by atoms with van der Waals surface area (Å²) in [4.78, 5) is 14.9. The lowest BCUT2D eigenvalue weighted by molar-refractivity contribution is -0.135. The lowest BCUT2D eigenvalue weighted by atomic mass is 9.88. The summed E-state index contributed by atoms with van der Waals surface area (Å²) in [6, 6.07) is 5.36. The SMILES string of the molecule is O=C(C1CCCCC1)N1CCC(NS(=O)(=O)c2ccc3c(c2)CCCC3)C1. The highest BCUT2D eigenvalue weighted by atomic mass is 32.2. The summed E-state index contributed by atoms with van der Waals surface area (Å²) in [6.07, 6.45) is 10.5. The van der Waals surface area contributed by atoms with E-state index in [1.54, 1.807) is 6.07 Å². The monoisotopic (exact) mass is 390 g/mol. The molecule has 27 heavy (non-hydrogen) atoms. The van der Waals surface area contributed by atoms with Crippen molar-refractivity contribution in [3.8, 4) is 0 Å². The van der Waals surface area contributed by atoms with Crippen molar-refractivity contribution >= 4 is 15.9 Å². The summed E-state index contributed by atoms with van der Waals surface area (Å²) < 4.78 is 28.5. The first-order chi connectivity index (χ1) is 13.0. The Morgan fingerprint density at radius 2 is 1.70 bits per heavy atom. The van der Waals surface area contributed by atoms with Gasteiger partial charge in [-0.3, -0.25) is 4.79 Å². The van der Waals surface area contributed by atoms with Crippen LogP contribution >= 0.6 is 0 Å². The molecule has 0 spiro atoms. The first-order valence-corrected chi connectivity index (χ1v) is 11.9. The third-order valence-electron chi connectivity index (χ3n) is 6.41. The molecule has 1 atom stereocenters. The average molecular weight is 391 g/mol. The Morgan fingerprint density at radius 3 is 2.48 bits per heavy atom. The number of hydrogen-bond donors (Lipinski definition) is 1. The molecule has 1 unspecified atom stereocenters. The predicted octanol–water partition coefficient (Wildman–Crippen LogP) is 3.02. The molecule has 1 aliphatic heterocycles. The van der Waals surface area contributed by atoms with Crippen molar-refractivity contribution in [1.29, 1.82) is 0 Å². The molecule has 1 saturated heterocycles. The van der Waals surface area contributed by atoms with Crippen LogP contribution in [0.1, 0.15) is 62.5 Å². The van der Waals surface area contributed by atoms with E-state index in [4.69, 9.17) is 0 Å². The van der Waals surface area contributed by atoms with Gasteiger partial charge < -0.3 is 4.90 Å². The van der Waals surface area contributed by atoms with Crippen LogP contribution in [-0.2, 0) is 27.7 Å². The lowest BCUT2D eigenvalue weighted by Gasteiger charge is -2.26. The van der Waals surface area contributed by atoms with Crippen LogP contribution in [0.5, 0.6) is 0 Å². The zero-order chi connectivity index (χ0) is 18.9. The van der Waals surface area contributed by atoms with Crippen molar-refractivity contribution in [2.45, 2.75) is 75.1 Å². The van der Waals surface area contributed by atoms with E-state index in [9.17, 15) is 13.2 Å². The molecule has 1 aromatic carbocycles. The Morgan fingerprint density at radius 1 is 0.963 bits per heavy atom. The number of rotatable bonds is 4. The van der Waals surface area contributed by atoms with Crippen LogP contribution in [0, 0.1) is 5.92 Å². The minimum absolute atomic E-state index is 0.148. The minimum atomic E-state index is -3.54. The van der Waals surface area contributed by atoms with Crippen LogP contribution in [0.3, 0.4) is 0 Å². The normalized spacial score (nSPS) is 24.0. The number of benzene rings is 1. The summed E-state index contributed by atoms with van der Waals surface area (Å²) in [6.45, 7) is 1.16. The molecular formula is C21H30N2O3S. The second kappa shape index (κ2) is 7.92. The Balaban J connectivity index is 1.39. The molecule has 2 fully saturated rings. The number of amides is 1. The van der Waals surface area contributed by atoms with Crippen LogP contribution in [0.4, 0.5) is 0 Å². The molecule has 0 radical (unpaired) electrons. The standard InChI is InChI=1S/C21H30N2O3S/c24-21(17-7-2-1-3-8-17)23-13-12-19(15-23)22-27(25,26)20-11-10-16-6-4-5-9-18(16)14-20/h10-11,14,17,19,22H,1-9,12-13,15H2. The Kier molecular flexibility index (Phi) is 5.55. The molecule has 0 aromatic heterocycles. The number of aryl methyl sites for hydroxylation is 2. The predicted molar refractivity (Wildman–Crippen MR) is 105 cm³/mol. The van der Waals surface area contributed by atoms with Gasteiger partial charge in [0.2, 0.25) is 15.9 Å². The Hall–Kier alpha value is -1.40. The van der Waals surface area contributed by atoms with Gasteiger partial charge in [-0.05, 0) is 68.2 Å². The van der Waals surface area contributed by atoms with E-state index in [0.29, 0.717) is 24.4 Å². The van der Waals surface area contributed by atoms with E-state index in [1.165, 1.54) is 24.0 Å². The summed E-state index contributed by atoms with van der Waals surface area (Å²) in [5, 5.41) is 0. The molecule has 1 heterocycles.